The van der Waals surface area contributed by atoms with Crippen molar-refractivity contribution < 1.29 is 9.57 Å². The van der Waals surface area contributed by atoms with Crippen LogP contribution in [-0.4, -0.2) is 26.9 Å². The van der Waals surface area contributed by atoms with Crippen molar-refractivity contribution in [1.29, 1.82) is 0 Å². The molecule has 6 nitrogen and oxygen atoms in total. The van der Waals surface area contributed by atoms with Crippen LogP contribution in [0.5, 0.6) is 5.75 Å². The molecule has 33 heavy (non-hydrogen) atoms. The molecule has 3 aromatic carbocycles. The van der Waals surface area contributed by atoms with Crippen molar-refractivity contribution in [2.45, 2.75) is 38.1 Å². The van der Waals surface area contributed by atoms with Gasteiger partial charge in [0, 0.05) is 6.42 Å². The van der Waals surface area contributed by atoms with Crippen molar-refractivity contribution in [1.82, 2.24) is 19.8 Å². The summed E-state index contributed by atoms with van der Waals surface area (Å²) in [7, 11) is 1.69. The van der Waals surface area contributed by atoms with Gasteiger partial charge in [0.05, 0.1) is 25.7 Å². The van der Waals surface area contributed by atoms with Crippen molar-refractivity contribution in [3.8, 4) is 5.75 Å². The van der Waals surface area contributed by atoms with Crippen molar-refractivity contribution >= 4 is 0 Å². The maximum Gasteiger partial charge on any atom is 0.137 e. The van der Waals surface area contributed by atoms with Gasteiger partial charge in [-0.3, -0.25) is 9.52 Å². The van der Waals surface area contributed by atoms with Crippen molar-refractivity contribution in [3.63, 3.8) is 0 Å². The van der Waals surface area contributed by atoms with Crippen LogP contribution in [0, 0.1) is 6.92 Å². The van der Waals surface area contributed by atoms with Crippen LogP contribution in [0.3, 0.4) is 0 Å². The average molecular weight is 441 g/mol. The first-order valence-corrected chi connectivity index (χ1v) is 11.2. The molecule has 2 atom stereocenters. The standard InChI is InChI=1S/C27H28N4O2/c1-21-8-10-22(11-9-21)17-31-27(18-30-20-28-19-29-30,24-12-14-25(32-2)15-13-24)16-26(33-31)23-6-4-3-5-7-23/h3-15,19-20,26H,16-18H2,1-2H3. The third-order valence-corrected chi connectivity index (χ3v) is 6.39. The molecule has 0 amide bonds. The lowest BCUT2D eigenvalue weighted by Crippen LogP contribution is -2.43. The summed E-state index contributed by atoms with van der Waals surface area (Å²) in [6.45, 7) is 3.38. The predicted octanol–water partition coefficient (Wildman–Crippen LogP) is 5.07. The minimum Gasteiger partial charge on any atom is -0.497 e. The summed E-state index contributed by atoms with van der Waals surface area (Å²) in [5.74, 6) is 0.832. The van der Waals surface area contributed by atoms with E-state index in [0.29, 0.717) is 13.1 Å². The van der Waals surface area contributed by atoms with Crippen LogP contribution >= 0.6 is 0 Å². The van der Waals surface area contributed by atoms with Gasteiger partial charge in [0.25, 0.3) is 0 Å². The fourth-order valence-corrected chi connectivity index (χ4v) is 4.57. The molecule has 0 aliphatic carbocycles. The Morgan fingerprint density at radius 2 is 1.76 bits per heavy atom. The lowest BCUT2D eigenvalue weighted by Gasteiger charge is -2.37. The molecule has 2 unspecified atom stereocenters. The summed E-state index contributed by atoms with van der Waals surface area (Å²) >= 11 is 0. The fraction of sp³-hybridized carbons (Fsp3) is 0.259. The molecule has 0 radical (unpaired) electrons. The molecule has 1 aliphatic rings. The second kappa shape index (κ2) is 9.17. The molecule has 0 saturated carbocycles. The van der Waals surface area contributed by atoms with Gasteiger partial charge >= 0.3 is 0 Å². The Balaban J connectivity index is 1.59. The third kappa shape index (κ3) is 4.40. The topological polar surface area (TPSA) is 52.4 Å². The number of hydroxylamine groups is 2. The number of hydrogen-bond donors (Lipinski definition) is 0. The highest BCUT2D eigenvalue weighted by Crippen LogP contribution is 2.48. The highest BCUT2D eigenvalue weighted by Gasteiger charge is 2.49. The molecule has 1 fully saturated rings. The third-order valence-electron chi connectivity index (χ3n) is 6.39. The van der Waals surface area contributed by atoms with E-state index in [-0.39, 0.29) is 6.10 Å². The van der Waals surface area contributed by atoms with E-state index in [1.165, 1.54) is 16.7 Å². The number of ether oxygens (including phenoxy) is 1. The Labute approximate surface area is 194 Å². The van der Waals surface area contributed by atoms with Gasteiger partial charge in [-0.05, 0) is 35.7 Å². The van der Waals surface area contributed by atoms with Crippen LogP contribution in [0.25, 0.3) is 0 Å². The first-order valence-electron chi connectivity index (χ1n) is 11.2. The molecule has 1 saturated heterocycles. The van der Waals surface area contributed by atoms with Crippen LogP contribution in [0.1, 0.15) is 34.8 Å². The Morgan fingerprint density at radius 1 is 1.00 bits per heavy atom. The summed E-state index contributed by atoms with van der Waals surface area (Å²) in [5.41, 5.74) is 4.33. The number of aryl methyl sites for hydroxylation is 1. The zero-order chi connectivity index (χ0) is 22.7. The predicted molar refractivity (Wildman–Crippen MR) is 126 cm³/mol. The van der Waals surface area contributed by atoms with Crippen LogP contribution < -0.4 is 4.74 Å². The lowest BCUT2D eigenvalue weighted by molar-refractivity contribution is -0.203. The normalized spacial score (nSPS) is 20.7. The molecule has 6 heteroatoms. The number of aromatic nitrogens is 3. The summed E-state index contributed by atoms with van der Waals surface area (Å²) in [6, 6.07) is 27.4. The zero-order valence-electron chi connectivity index (χ0n) is 19.0. The van der Waals surface area contributed by atoms with Gasteiger partial charge in [0.15, 0.2) is 0 Å². The summed E-state index contributed by atoms with van der Waals surface area (Å²) < 4.78 is 7.31. The second-order valence-corrected chi connectivity index (χ2v) is 8.58. The van der Waals surface area contributed by atoms with Crippen molar-refractivity contribution in [2.75, 3.05) is 7.11 Å². The second-order valence-electron chi connectivity index (χ2n) is 8.58. The molecule has 4 aromatic rings. The highest BCUT2D eigenvalue weighted by molar-refractivity contribution is 5.34. The number of nitrogens with zero attached hydrogens (tertiary/aromatic N) is 4. The van der Waals surface area contributed by atoms with E-state index in [1.54, 1.807) is 19.8 Å². The zero-order valence-corrected chi connectivity index (χ0v) is 19.0. The smallest absolute Gasteiger partial charge is 0.137 e. The van der Waals surface area contributed by atoms with Gasteiger partial charge in [-0.1, -0.05) is 72.3 Å². The minimum atomic E-state index is -0.439. The summed E-state index contributed by atoms with van der Waals surface area (Å²) in [4.78, 5) is 10.9. The molecule has 1 aromatic heterocycles. The monoisotopic (exact) mass is 440 g/mol. The maximum atomic E-state index is 6.70. The Bertz CT molecular complexity index is 1160. The van der Waals surface area contributed by atoms with E-state index >= 15 is 0 Å². The Kier molecular flexibility index (Phi) is 5.94. The fourth-order valence-electron chi connectivity index (χ4n) is 4.57. The number of hydrogen-bond acceptors (Lipinski definition) is 5. The molecule has 0 N–H and O–H groups in total. The van der Waals surface area contributed by atoms with E-state index in [9.17, 15) is 0 Å². The first kappa shape index (κ1) is 21.4. The maximum absolute atomic E-state index is 6.70. The summed E-state index contributed by atoms with van der Waals surface area (Å²) in [5, 5.41) is 6.57. The number of methoxy groups -OCH3 is 1. The average Bonchev–Trinajstić information content (AvgIpc) is 3.50. The molecule has 0 spiro atoms. The van der Waals surface area contributed by atoms with Gasteiger partial charge in [-0.2, -0.15) is 10.2 Å². The van der Waals surface area contributed by atoms with Crippen LogP contribution in [-0.2, 0) is 23.5 Å². The Morgan fingerprint density at radius 3 is 2.42 bits per heavy atom. The molecule has 5 rings (SSSR count). The molecular weight excluding hydrogens is 412 g/mol. The van der Waals surface area contributed by atoms with E-state index in [0.717, 1.165) is 17.7 Å². The van der Waals surface area contributed by atoms with Crippen molar-refractivity contribution in [3.05, 3.63) is 114 Å². The number of rotatable bonds is 7. The van der Waals surface area contributed by atoms with E-state index in [4.69, 9.17) is 9.57 Å². The van der Waals surface area contributed by atoms with Crippen LogP contribution in [0.15, 0.2) is 91.5 Å². The highest BCUT2D eigenvalue weighted by atomic mass is 16.7. The van der Waals surface area contributed by atoms with Gasteiger partial charge in [-0.15, -0.1) is 0 Å². The molecule has 0 bridgehead atoms. The number of benzene rings is 3. The Hall–Kier alpha value is -3.48. The molecular formula is C27H28N4O2. The molecule has 1 aliphatic heterocycles. The summed E-state index contributed by atoms with van der Waals surface area (Å²) in [6.07, 6.45) is 4.07. The van der Waals surface area contributed by atoms with Crippen molar-refractivity contribution in [2.24, 2.45) is 0 Å². The lowest BCUT2D eigenvalue weighted by atomic mass is 9.83. The van der Waals surface area contributed by atoms with Gasteiger partial charge < -0.3 is 4.74 Å². The molecule has 168 valence electrons. The van der Waals surface area contributed by atoms with Gasteiger partial charge in [0.1, 0.15) is 24.5 Å². The van der Waals surface area contributed by atoms with Gasteiger partial charge in [0.2, 0.25) is 0 Å². The van der Waals surface area contributed by atoms with E-state index < -0.39 is 5.54 Å². The van der Waals surface area contributed by atoms with Crippen LogP contribution in [0.4, 0.5) is 0 Å². The van der Waals surface area contributed by atoms with E-state index in [1.807, 2.05) is 22.9 Å². The van der Waals surface area contributed by atoms with Gasteiger partial charge in [-0.25, -0.2) is 4.98 Å². The van der Waals surface area contributed by atoms with E-state index in [2.05, 4.69) is 82.7 Å². The largest absolute Gasteiger partial charge is 0.497 e. The molecule has 2 heterocycles. The first-order chi connectivity index (χ1) is 16.2. The SMILES string of the molecule is COc1ccc(C2(Cn3cncn3)CC(c3ccccc3)ON2Cc2ccc(C)cc2)cc1. The quantitative estimate of drug-likeness (QED) is 0.402. The van der Waals surface area contributed by atoms with Crippen LogP contribution in [0.2, 0.25) is 0 Å². The minimum absolute atomic E-state index is 0.0673.